The summed E-state index contributed by atoms with van der Waals surface area (Å²) >= 11 is 0. The molecule has 0 saturated carbocycles. The minimum absolute atomic E-state index is 0.393. The second-order valence-electron chi connectivity index (χ2n) is 6.70. The van der Waals surface area contributed by atoms with Gasteiger partial charge in [0.25, 0.3) is 0 Å². The molecule has 0 aliphatic heterocycles. The van der Waals surface area contributed by atoms with E-state index >= 15 is 0 Å². The largest absolute Gasteiger partial charge is 0.465 e. The van der Waals surface area contributed by atoms with E-state index < -0.39 is 79.6 Å². The smallest absolute Gasteiger partial charge is 0.462 e. The van der Waals surface area contributed by atoms with Gasteiger partial charge >= 0.3 is 72.5 Å². The average molecular weight is 676 g/mol. The van der Waals surface area contributed by atoms with Crippen LogP contribution in [0.15, 0.2) is 0 Å². The second kappa shape index (κ2) is 10.2. The van der Waals surface area contributed by atoms with Crippen LogP contribution < -0.4 is 0 Å². The molecule has 246 valence electrons. The van der Waals surface area contributed by atoms with Gasteiger partial charge in [-0.05, 0) is 0 Å². The molecule has 0 heterocycles. The van der Waals surface area contributed by atoms with Crippen molar-refractivity contribution in [1.29, 1.82) is 0 Å². The second-order valence-corrected chi connectivity index (χ2v) is 6.70. The number of halogens is 23. The van der Waals surface area contributed by atoms with E-state index in [4.69, 9.17) is 0 Å². The first kappa shape index (κ1) is 38.7. The molecule has 28 heteroatoms. The summed E-state index contributed by atoms with van der Waals surface area (Å²) < 4.78 is 306. The van der Waals surface area contributed by atoms with E-state index in [9.17, 15) is 106 Å². The van der Waals surface area contributed by atoms with Crippen LogP contribution in [0.5, 0.6) is 0 Å². The topological polar surface area (TPSA) is 54.0 Å². The maximum absolute atomic E-state index is 14.1. The van der Waals surface area contributed by atoms with Gasteiger partial charge in [0.05, 0.1) is 7.11 Å². The summed E-state index contributed by atoms with van der Waals surface area (Å²) in [6.07, 6.45) is -57.5. The van der Waals surface area contributed by atoms with Gasteiger partial charge in [-0.2, -0.15) is 101 Å². The Morgan fingerprint density at radius 3 is 0.951 bits per heavy atom. The SMILES string of the molecule is COC(=O)[C@@](F)(OC(F)(F)[C@@](F)(OC(F)(F)[C@](F)(OC(F)(F)C(F)(F)C(F)(F)F)C(F)(F)F)C(F)(F)F)C(F)(F)F. The fraction of sp³-hybridized carbons (Fsp3) is 0.923. The number of methoxy groups -OCH3 is 1. The Morgan fingerprint density at radius 1 is 0.415 bits per heavy atom. The Kier molecular flexibility index (Phi) is 9.62. The minimum Gasteiger partial charge on any atom is -0.465 e. The third-order valence-corrected chi connectivity index (χ3v) is 3.82. The molecule has 0 aromatic heterocycles. The number of alkyl halides is 23. The summed E-state index contributed by atoms with van der Waals surface area (Å²) in [5.74, 6) is -36.5. The Morgan fingerprint density at radius 2 is 0.707 bits per heavy atom. The molecule has 0 aliphatic rings. The van der Waals surface area contributed by atoms with Gasteiger partial charge < -0.3 is 4.74 Å². The molecule has 0 unspecified atom stereocenters. The Bertz CT molecular complexity index is 948. The zero-order valence-corrected chi connectivity index (χ0v) is 17.7. The lowest BCUT2D eigenvalue weighted by molar-refractivity contribution is -0.578. The van der Waals surface area contributed by atoms with Gasteiger partial charge in [-0.3, -0.25) is 14.2 Å². The average Bonchev–Trinajstić information content (AvgIpc) is 2.68. The van der Waals surface area contributed by atoms with Crippen molar-refractivity contribution >= 4 is 5.97 Å². The number of esters is 1. The minimum atomic E-state index is -8.74. The standard InChI is InChI=1S/C13H3F23O5/c1-38-2(37)3(14,7(19,20)21)39-12(33,34)5(17,9(25,26)27)41-13(35,36)6(18,10(28,29)30)40-11(31,32)4(15,16)8(22,23)24/h1H3/t3-,5+,6-/m1/s1. The van der Waals surface area contributed by atoms with Crippen molar-refractivity contribution in [3.8, 4) is 0 Å². The molecular weight excluding hydrogens is 673 g/mol. The van der Waals surface area contributed by atoms with Crippen LogP contribution in [0.3, 0.4) is 0 Å². The van der Waals surface area contributed by atoms with Crippen molar-refractivity contribution in [2.24, 2.45) is 0 Å². The van der Waals surface area contributed by atoms with Gasteiger partial charge in [0.2, 0.25) is 0 Å². The van der Waals surface area contributed by atoms with Crippen molar-refractivity contribution in [2.45, 2.75) is 66.5 Å². The lowest BCUT2D eigenvalue weighted by atomic mass is 10.2. The monoisotopic (exact) mass is 676 g/mol. The maximum Gasteiger partial charge on any atom is 0.462 e. The number of hydrogen-bond donors (Lipinski definition) is 0. The molecule has 0 rings (SSSR count). The summed E-state index contributed by atoms with van der Waals surface area (Å²) in [6.45, 7) is 0. The zero-order valence-electron chi connectivity index (χ0n) is 17.7. The number of rotatable bonds is 10. The van der Waals surface area contributed by atoms with Crippen molar-refractivity contribution in [3.05, 3.63) is 0 Å². The lowest BCUT2D eigenvalue weighted by Gasteiger charge is -2.42. The summed E-state index contributed by atoms with van der Waals surface area (Å²) in [6, 6.07) is 0. The van der Waals surface area contributed by atoms with E-state index in [0.29, 0.717) is 0 Å². The summed E-state index contributed by atoms with van der Waals surface area (Å²) in [5, 5.41) is 0. The molecule has 0 saturated heterocycles. The van der Waals surface area contributed by atoms with Crippen LogP contribution in [0.1, 0.15) is 0 Å². The quantitative estimate of drug-likeness (QED) is 0.187. The highest BCUT2D eigenvalue weighted by Gasteiger charge is 2.88. The molecule has 3 atom stereocenters. The molecular formula is C13H3F23O5. The summed E-state index contributed by atoms with van der Waals surface area (Å²) in [7, 11) is -0.393. The van der Waals surface area contributed by atoms with E-state index in [1.165, 1.54) is 0 Å². The molecule has 0 radical (unpaired) electrons. The Hall–Kier alpha value is -2.26. The third-order valence-electron chi connectivity index (χ3n) is 3.82. The first-order valence-corrected chi connectivity index (χ1v) is 8.39. The van der Waals surface area contributed by atoms with Crippen LogP contribution in [-0.2, 0) is 23.7 Å². The maximum atomic E-state index is 14.1. The van der Waals surface area contributed by atoms with Crippen molar-refractivity contribution in [3.63, 3.8) is 0 Å². The first-order chi connectivity index (χ1) is 17.4. The molecule has 0 aliphatic carbocycles. The van der Waals surface area contributed by atoms with Crippen molar-refractivity contribution in [2.75, 3.05) is 7.11 Å². The van der Waals surface area contributed by atoms with E-state index in [0.717, 1.165) is 9.47 Å². The molecule has 0 amide bonds. The Labute approximate surface area is 206 Å². The lowest BCUT2D eigenvalue weighted by Crippen LogP contribution is -2.70. The molecule has 0 aromatic carbocycles. The van der Waals surface area contributed by atoms with Gasteiger partial charge in [0.1, 0.15) is 0 Å². The number of carbonyl (C=O) groups excluding carboxylic acids is 1. The number of carbonyl (C=O) groups is 1. The number of ether oxygens (including phenoxy) is 4. The molecule has 0 aromatic rings. The van der Waals surface area contributed by atoms with E-state index in [2.05, 4.69) is 4.74 Å². The van der Waals surface area contributed by atoms with Gasteiger partial charge in [-0.1, -0.05) is 0 Å². The normalized spacial score (nSPS) is 19.7. The predicted molar refractivity (Wildman–Crippen MR) is 70.8 cm³/mol. The van der Waals surface area contributed by atoms with Gasteiger partial charge in [0.15, 0.2) is 0 Å². The highest BCUT2D eigenvalue weighted by Crippen LogP contribution is 2.59. The fourth-order valence-corrected chi connectivity index (χ4v) is 1.80. The van der Waals surface area contributed by atoms with Crippen LogP contribution in [-0.4, -0.2) is 79.6 Å². The van der Waals surface area contributed by atoms with E-state index in [-0.39, 0.29) is 0 Å². The van der Waals surface area contributed by atoms with E-state index in [1.807, 2.05) is 0 Å². The number of hydrogen-bond acceptors (Lipinski definition) is 5. The third kappa shape index (κ3) is 6.41. The van der Waals surface area contributed by atoms with Gasteiger partial charge in [-0.25, -0.2) is 4.79 Å². The van der Waals surface area contributed by atoms with Crippen molar-refractivity contribution in [1.82, 2.24) is 0 Å². The van der Waals surface area contributed by atoms with Crippen LogP contribution in [0.2, 0.25) is 0 Å². The predicted octanol–water partition coefficient (Wildman–Crippen LogP) is 6.87. The first-order valence-electron chi connectivity index (χ1n) is 8.39. The summed E-state index contributed by atoms with van der Waals surface area (Å²) in [5.41, 5.74) is 0. The zero-order chi connectivity index (χ0) is 33.9. The molecule has 0 fully saturated rings. The Balaban J connectivity index is 7.29. The van der Waals surface area contributed by atoms with Gasteiger partial charge in [-0.15, -0.1) is 0 Å². The van der Waals surface area contributed by atoms with Crippen LogP contribution in [0.25, 0.3) is 0 Å². The molecule has 41 heavy (non-hydrogen) atoms. The highest BCUT2D eigenvalue weighted by molar-refractivity contribution is 5.78. The van der Waals surface area contributed by atoms with Crippen LogP contribution in [0, 0.1) is 0 Å². The molecule has 5 nitrogen and oxygen atoms in total. The highest BCUT2D eigenvalue weighted by atomic mass is 19.4. The molecule has 0 bridgehead atoms. The van der Waals surface area contributed by atoms with Crippen LogP contribution >= 0.6 is 0 Å². The van der Waals surface area contributed by atoms with Gasteiger partial charge in [0, 0.05) is 0 Å². The van der Waals surface area contributed by atoms with E-state index in [1.54, 1.807) is 4.74 Å². The van der Waals surface area contributed by atoms with Crippen molar-refractivity contribution < 1.29 is 125 Å². The molecule has 0 spiro atoms. The molecule has 0 N–H and O–H groups in total. The summed E-state index contributed by atoms with van der Waals surface area (Å²) in [4.78, 5) is 10.8. The fourth-order valence-electron chi connectivity index (χ4n) is 1.80. The van der Waals surface area contributed by atoms with Crippen LogP contribution in [0.4, 0.5) is 101 Å².